The van der Waals surface area contributed by atoms with Crippen LogP contribution < -0.4 is 5.32 Å². The Morgan fingerprint density at radius 1 is 1.14 bits per heavy atom. The molecule has 0 saturated carbocycles. The molecule has 9 heteroatoms. The molecule has 6 rings (SSSR count). The van der Waals surface area contributed by atoms with E-state index in [1.54, 1.807) is 24.4 Å². The Kier molecular flexibility index (Phi) is 6.98. The molecule has 2 aromatic carbocycles. The molecule has 4 heterocycles. The smallest absolute Gasteiger partial charge is 0.234 e. The number of likely N-dealkylation sites (tertiary alicyclic amines) is 1. The molecule has 2 aromatic heterocycles. The van der Waals surface area contributed by atoms with E-state index in [0.717, 1.165) is 28.1 Å². The molecule has 0 spiro atoms. The van der Waals surface area contributed by atoms with E-state index in [-0.39, 0.29) is 23.3 Å². The molecule has 218 valence electrons. The summed E-state index contributed by atoms with van der Waals surface area (Å²) in [4.78, 5) is 30.7. The standard InChI is InChI=1S/C33H35FN4O4/c1-19-29(20(2)42-37-19)22-7-5-21(6-8-22)17-38-14-13-33(41,32(3,4)18-38)26-10-11-27-25(30(26)34)15-23(16-35-27)24-9-12-28(39)36-31(24)40/h5-8,10-11,15-16,24,41H,9,12-14,17-18H2,1-4H3,(H,36,39,40)/t24?,33-/m0/s1. The second kappa shape index (κ2) is 10.4. The average molecular weight is 571 g/mol. The number of nitrogens with one attached hydrogen (secondary N) is 1. The van der Waals surface area contributed by atoms with Crippen molar-refractivity contribution in [3.8, 4) is 11.1 Å². The van der Waals surface area contributed by atoms with Crippen molar-refractivity contribution in [1.82, 2.24) is 20.4 Å². The Hall–Kier alpha value is -3.95. The number of aryl methyl sites for hydroxylation is 2. The maximum atomic E-state index is 16.2. The van der Waals surface area contributed by atoms with Crippen LogP contribution in [0, 0.1) is 25.1 Å². The van der Waals surface area contributed by atoms with E-state index in [0.29, 0.717) is 43.6 Å². The van der Waals surface area contributed by atoms with Crippen LogP contribution in [0.25, 0.3) is 22.0 Å². The van der Waals surface area contributed by atoms with Gasteiger partial charge in [-0.05, 0) is 55.5 Å². The number of nitrogens with zero attached hydrogens (tertiary/aromatic N) is 3. The predicted octanol–water partition coefficient (Wildman–Crippen LogP) is 5.29. The monoisotopic (exact) mass is 570 g/mol. The lowest BCUT2D eigenvalue weighted by Gasteiger charge is -2.50. The molecule has 2 fully saturated rings. The van der Waals surface area contributed by atoms with Gasteiger partial charge in [-0.2, -0.15) is 0 Å². The van der Waals surface area contributed by atoms with E-state index in [1.165, 1.54) is 0 Å². The number of carbonyl (C=O) groups is 2. The van der Waals surface area contributed by atoms with E-state index in [9.17, 15) is 14.7 Å². The summed E-state index contributed by atoms with van der Waals surface area (Å²) in [6.07, 6.45) is 2.51. The highest BCUT2D eigenvalue weighted by Gasteiger charge is 2.50. The number of benzene rings is 2. The molecular formula is C33H35FN4O4. The zero-order chi connectivity index (χ0) is 29.8. The molecular weight excluding hydrogens is 535 g/mol. The molecule has 2 aliphatic rings. The van der Waals surface area contributed by atoms with Crippen LogP contribution in [0.5, 0.6) is 0 Å². The number of hydrogen-bond acceptors (Lipinski definition) is 7. The predicted molar refractivity (Wildman–Crippen MR) is 156 cm³/mol. The molecule has 0 radical (unpaired) electrons. The summed E-state index contributed by atoms with van der Waals surface area (Å²) in [6.45, 7) is 9.66. The van der Waals surface area contributed by atoms with E-state index in [2.05, 4.69) is 44.6 Å². The summed E-state index contributed by atoms with van der Waals surface area (Å²) in [5.74, 6) is -0.990. The van der Waals surface area contributed by atoms with Crippen LogP contribution in [0.2, 0.25) is 0 Å². The van der Waals surface area contributed by atoms with Crippen molar-refractivity contribution in [2.24, 2.45) is 5.41 Å². The lowest BCUT2D eigenvalue weighted by Crippen LogP contribution is -2.55. The molecule has 0 aliphatic carbocycles. The van der Waals surface area contributed by atoms with Gasteiger partial charge in [-0.25, -0.2) is 4.39 Å². The SMILES string of the molecule is Cc1noc(C)c1-c1ccc(CN2CC[C@](O)(c3ccc4ncc(C5CCC(=O)NC5=O)cc4c3F)C(C)(C)C2)cc1. The van der Waals surface area contributed by atoms with E-state index in [1.807, 2.05) is 27.7 Å². The molecule has 2 saturated heterocycles. The first-order valence-corrected chi connectivity index (χ1v) is 14.4. The van der Waals surface area contributed by atoms with Gasteiger partial charge in [0.05, 0.1) is 22.7 Å². The quantitative estimate of drug-likeness (QED) is 0.314. The lowest BCUT2D eigenvalue weighted by molar-refractivity contribution is -0.134. The number of rotatable bonds is 5. The maximum Gasteiger partial charge on any atom is 0.234 e. The number of imide groups is 1. The zero-order valence-corrected chi connectivity index (χ0v) is 24.3. The van der Waals surface area contributed by atoms with E-state index < -0.39 is 28.7 Å². The fourth-order valence-corrected chi connectivity index (χ4v) is 6.69. The van der Waals surface area contributed by atoms with Crippen LogP contribution in [-0.4, -0.2) is 45.1 Å². The Balaban J connectivity index is 1.23. The second-order valence-electron chi connectivity index (χ2n) is 12.4. The molecule has 2 atom stereocenters. The highest BCUT2D eigenvalue weighted by Crippen LogP contribution is 2.48. The minimum Gasteiger partial charge on any atom is -0.384 e. The molecule has 2 aliphatic heterocycles. The van der Waals surface area contributed by atoms with Gasteiger partial charge < -0.3 is 9.63 Å². The zero-order valence-electron chi connectivity index (χ0n) is 24.3. The normalized spacial score (nSPS) is 22.9. The summed E-state index contributed by atoms with van der Waals surface area (Å²) in [7, 11) is 0. The molecule has 2 N–H and O–H groups in total. The number of aliphatic hydroxyl groups is 1. The minimum absolute atomic E-state index is 0.229. The van der Waals surface area contributed by atoms with Gasteiger partial charge >= 0.3 is 0 Å². The molecule has 42 heavy (non-hydrogen) atoms. The van der Waals surface area contributed by atoms with Gasteiger partial charge in [-0.3, -0.25) is 24.8 Å². The summed E-state index contributed by atoms with van der Waals surface area (Å²) >= 11 is 0. The highest BCUT2D eigenvalue weighted by atomic mass is 19.1. The molecule has 4 aromatic rings. The van der Waals surface area contributed by atoms with Crippen LogP contribution in [0.1, 0.15) is 67.2 Å². The van der Waals surface area contributed by atoms with Crippen molar-refractivity contribution in [3.63, 3.8) is 0 Å². The first-order valence-electron chi connectivity index (χ1n) is 14.4. The fraction of sp³-hybridized carbons (Fsp3) is 0.394. The van der Waals surface area contributed by atoms with Crippen LogP contribution in [-0.2, 0) is 21.7 Å². The van der Waals surface area contributed by atoms with Gasteiger partial charge in [-0.15, -0.1) is 0 Å². The van der Waals surface area contributed by atoms with E-state index in [4.69, 9.17) is 4.52 Å². The molecule has 1 unspecified atom stereocenters. The highest BCUT2D eigenvalue weighted by molar-refractivity contribution is 6.01. The van der Waals surface area contributed by atoms with Crippen molar-refractivity contribution in [3.05, 3.63) is 82.6 Å². The van der Waals surface area contributed by atoms with Crippen LogP contribution in [0.4, 0.5) is 4.39 Å². The van der Waals surface area contributed by atoms with Crippen LogP contribution in [0.3, 0.4) is 0 Å². The minimum atomic E-state index is -1.40. The van der Waals surface area contributed by atoms with Crippen molar-refractivity contribution >= 4 is 22.7 Å². The summed E-state index contributed by atoms with van der Waals surface area (Å²) in [6, 6.07) is 13.4. The van der Waals surface area contributed by atoms with Crippen molar-refractivity contribution in [1.29, 1.82) is 0 Å². The third-order valence-electron chi connectivity index (χ3n) is 9.12. The van der Waals surface area contributed by atoms with Crippen molar-refractivity contribution in [2.75, 3.05) is 13.1 Å². The molecule has 2 amide bonds. The van der Waals surface area contributed by atoms with Crippen molar-refractivity contribution < 1.29 is 23.6 Å². The van der Waals surface area contributed by atoms with Gasteiger partial charge in [-0.1, -0.05) is 49.3 Å². The number of hydrogen-bond donors (Lipinski definition) is 2. The Labute approximate surface area is 243 Å². The lowest BCUT2D eigenvalue weighted by atomic mass is 9.66. The van der Waals surface area contributed by atoms with Crippen molar-refractivity contribution in [2.45, 2.75) is 65.0 Å². The number of aromatic nitrogens is 2. The third-order valence-corrected chi connectivity index (χ3v) is 9.12. The summed E-state index contributed by atoms with van der Waals surface area (Å²) < 4.78 is 21.5. The van der Waals surface area contributed by atoms with Gasteiger partial charge in [0.15, 0.2) is 0 Å². The van der Waals surface area contributed by atoms with Crippen LogP contribution >= 0.6 is 0 Å². The Bertz CT molecular complexity index is 1680. The van der Waals surface area contributed by atoms with Gasteiger partial charge in [0.25, 0.3) is 0 Å². The topological polar surface area (TPSA) is 109 Å². The van der Waals surface area contributed by atoms with Gasteiger partial charge in [0.2, 0.25) is 11.8 Å². The number of piperidine rings is 2. The maximum absolute atomic E-state index is 16.2. The fourth-order valence-electron chi connectivity index (χ4n) is 6.69. The number of fused-ring (bicyclic) bond motifs is 1. The average Bonchev–Trinajstić information content (AvgIpc) is 3.29. The first-order chi connectivity index (χ1) is 20.0. The molecule has 8 nitrogen and oxygen atoms in total. The number of halogens is 1. The first kappa shape index (κ1) is 28.2. The Morgan fingerprint density at radius 2 is 1.90 bits per heavy atom. The van der Waals surface area contributed by atoms with E-state index >= 15 is 4.39 Å². The molecule has 0 bridgehead atoms. The van der Waals surface area contributed by atoms with Crippen LogP contribution in [0.15, 0.2) is 53.2 Å². The van der Waals surface area contributed by atoms with Gasteiger partial charge in [0.1, 0.15) is 11.6 Å². The summed E-state index contributed by atoms with van der Waals surface area (Å²) in [5, 5.41) is 18.7. The van der Waals surface area contributed by atoms with Gasteiger partial charge in [0, 0.05) is 54.2 Å². The largest absolute Gasteiger partial charge is 0.384 e. The third kappa shape index (κ3) is 4.80. The number of amides is 2. The number of pyridine rings is 1. The second-order valence-corrected chi connectivity index (χ2v) is 12.4. The summed E-state index contributed by atoms with van der Waals surface area (Å²) in [5.41, 5.74) is 3.27. The number of carbonyl (C=O) groups excluding carboxylic acids is 2. The Morgan fingerprint density at radius 3 is 2.57 bits per heavy atom.